The van der Waals surface area contributed by atoms with Gasteiger partial charge in [-0.15, -0.1) is 11.3 Å². The fourth-order valence-electron chi connectivity index (χ4n) is 3.27. The Kier molecular flexibility index (Phi) is 5.95. The molecule has 0 aliphatic carbocycles. The summed E-state index contributed by atoms with van der Waals surface area (Å²) in [5.41, 5.74) is 3.23. The van der Waals surface area contributed by atoms with Crippen LogP contribution in [0.2, 0.25) is 0 Å². The van der Waals surface area contributed by atoms with Gasteiger partial charge in [0.05, 0.1) is 12.3 Å². The number of furan rings is 1. The molecule has 0 fully saturated rings. The minimum Gasteiger partial charge on any atom is -0.459 e. The molecule has 152 valence electrons. The maximum absolute atomic E-state index is 12.7. The number of aryl methyl sites for hydroxylation is 2. The van der Waals surface area contributed by atoms with Crippen molar-refractivity contribution in [1.29, 1.82) is 0 Å². The van der Waals surface area contributed by atoms with Gasteiger partial charge in [-0.25, -0.2) is 4.98 Å². The van der Waals surface area contributed by atoms with Crippen molar-refractivity contribution < 1.29 is 9.21 Å². The SMILES string of the molecule is CCc1cc([C@H](Nc2cc(C)ccn2)c2ccccc2)c(NC(=O)c2ccco2)s1. The number of anilines is 2. The molecule has 6 heteroatoms. The van der Waals surface area contributed by atoms with Crippen LogP contribution in [0, 0.1) is 6.92 Å². The zero-order chi connectivity index (χ0) is 20.9. The molecule has 0 spiro atoms. The van der Waals surface area contributed by atoms with Crippen LogP contribution < -0.4 is 10.6 Å². The Morgan fingerprint density at radius 2 is 1.97 bits per heavy atom. The van der Waals surface area contributed by atoms with Gasteiger partial charge in [-0.05, 0) is 54.8 Å². The van der Waals surface area contributed by atoms with Crippen molar-refractivity contribution in [1.82, 2.24) is 4.98 Å². The molecule has 0 aliphatic rings. The van der Waals surface area contributed by atoms with Gasteiger partial charge in [0.15, 0.2) is 5.76 Å². The summed E-state index contributed by atoms with van der Waals surface area (Å²) in [4.78, 5) is 18.3. The smallest absolute Gasteiger partial charge is 0.291 e. The molecule has 3 aromatic heterocycles. The van der Waals surface area contributed by atoms with E-state index in [0.29, 0.717) is 0 Å². The zero-order valence-electron chi connectivity index (χ0n) is 16.9. The summed E-state index contributed by atoms with van der Waals surface area (Å²) in [6.07, 6.45) is 4.18. The number of thiophene rings is 1. The van der Waals surface area contributed by atoms with Gasteiger partial charge in [0.25, 0.3) is 5.91 Å². The summed E-state index contributed by atoms with van der Waals surface area (Å²) in [5, 5.41) is 7.41. The third-order valence-electron chi connectivity index (χ3n) is 4.78. The molecule has 4 rings (SSSR count). The van der Waals surface area contributed by atoms with E-state index in [1.807, 2.05) is 37.3 Å². The van der Waals surface area contributed by atoms with E-state index in [4.69, 9.17) is 4.42 Å². The summed E-state index contributed by atoms with van der Waals surface area (Å²) in [6.45, 7) is 4.15. The predicted octanol–water partition coefficient (Wildman–Crippen LogP) is 6.06. The second-order valence-corrected chi connectivity index (χ2v) is 8.13. The van der Waals surface area contributed by atoms with Gasteiger partial charge < -0.3 is 15.1 Å². The van der Waals surface area contributed by atoms with Crippen molar-refractivity contribution >= 4 is 28.1 Å². The Labute approximate surface area is 179 Å². The minimum atomic E-state index is -0.258. The van der Waals surface area contributed by atoms with Crippen molar-refractivity contribution in [3.8, 4) is 0 Å². The summed E-state index contributed by atoms with van der Waals surface area (Å²) in [5.74, 6) is 0.819. The highest BCUT2D eigenvalue weighted by Crippen LogP contribution is 2.38. The number of benzene rings is 1. The molecule has 0 bridgehead atoms. The van der Waals surface area contributed by atoms with Gasteiger partial charge in [0.1, 0.15) is 10.8 Å². The van der Waals surface area contributed by atoms with Crippen LogP contribution in [0.4, 0.5) is 10.8 Å². The molecule has 1 aromatic carbocycles. The highest BCUT2D eigenvalue weighted by molar-refractivity contribution is 7.16. The first-order valence-electron chi connectivity index (χ1n) is 9.85. The molecule has 1 amide bonds. The van der Waals surface area contributed by atoms with E-state index in [9.17, 15) is 4.79 Å². The molecule has 2 N–H and O–H groups in total. The van der Waals surface area contributed by atoms with Crippen molar-refractivity contribution in [2.75, 3.05) is 10.6 Å². The number of hydrogen-bond donors (Lipinski definition) is 2. The first-order chi connectivity index (χ1) is 14.6. The third-order valence-corrected chi connectivity index (χ3v) is 5.99. The molecule has 0 radical (unpaired) electrons. The number of nitrogens with one attached hydrogen (secondary N) is 2. The number of carbonyl (C=O) groups excluding carboxylic acids is 1. The lowest BCUT2D eigenvalue weighted by Gasteiger charge is -2.21. The standard InChI is InChI=1S/C24H23N3O2S/c1-3-18-15-19(24(30-18)27-23(28)20-10-7-13-29-20)22(17-8-5-4-6-9-17)26-21-14-16(2)11-12-25-21/h4-15,22H,3H2,1-2H3,(H,25,26)(H,27,28)/t22-/m1/s1. The normalized spacial score (nSPS) is 11.8. The highest BCUT2D eigenvalue weighted by Gasteiger charge is 2.23. The predicted molar refractivity (Wildman–Crippen MR) is 121 cm³/mol. The molecular weight excluding hydrogens is 394 g/mol. The van der Waals surface area contributed by atoms with E-state index in [1.54, 1.807) is 29.7 Å². The first kappa shape index (κ1) is 19.9. The minimum absolute atomic E-state index is 0.163. The summed E-state index contributed by atoms with van der Waals surface area (Å²) in [6, 6.07) is 19.5. The fourth-order valence-corrected chi connectivity index (χ4v) is 4.30. The Morgan fingerprint density at radius 1 is 1.13 bits per heavy atom. The second-order valence-electron chi connectivity index (χ2n) is 6.99. The largest absolute Gasteiger partial charge is 0.459 e. The lowest BCUT2D eigenvalue weighted by Crippen LogP contribution is -2.16. The van der Waals surface area contributed by atoms with Gasteiger partial charge in [0, 0.05) is 16.6 Å². The lowest BCUT2D eigenvalue weighted by atomic mass is 9.99. The van der Waals surface area contributed by atoms with Crippen LogP contribution in [-0.4, -0.2) is 10.9 Å². The molecule has 0 aliphatic heterocycles. The molecule has 30 heavy (non-hydrogen) atoms. The van der Waals surface area contributed by atoms with E-state index >= 15 is 0 Å². The average molecular weight is 418 g/mol. The van der Waals surface area contributed by atoms with Crippen LogP contribution in [0.1, 0.15) is 45.1 Å². The molecule has 0 unspecified atom stereocenters. The third kappa shape index (κ3) is 4.44. The number of pyridine rings is 1. The van der Waals surface area contributed by atoms with Crippen molar-refractivity contribution in [2.24, 2.45) is 0 Å². The van der Waals surface area contributed by atoms with E-state index < -0.39 is 0 Å². The maximum atomic E-state index is 12.7. The number of amides is 1. The molecule has 3 heterocycles. The summed E-state index contributed by atoms with van der Waals surface area (Å²) in [7, 11) is 0. The summed E-state index contributed by atoms with van der Waals surface area (Å²) >= 11 is 1.59. The second kappa shape index (κ2) is 8.97. The maximum Gasteiger partial charge on any atom is 0.291 e. The van der Waals surface area contributed by atoms with Crippen LogP contribution in [0.15, 0.2) is 77.5 Å². The van der Waals surface area contributed by atoms with Crippen molar-refractivity contribution in [2.45, 2.75) is 26.3 Å². The van der Waals surface area contributed by atoms with Crippen LogP contribution in [0.25, 0.3) is 0 Å². The molecule has 5 nitrogen and oxygen atoms in total. The van der Waals surface area contributed by atoms with Crippen molar-refractivity contribution in [3.05, 3.63) is 100 Å². The number of carbonyl (C=O) groups is 1. The van der Waals surface area contributed by atoms with Crippen LogP contribution in [0.3, 0.4) is 0 Å². The Bertz CT molecular complexity index is 1120. The van der Waals surface area contributed by atoms with Crippen molar-refractivity contribution in [3.63, 3.8) is 0 Å². The van der Waals surface area contributed by atoms with Gasteiger partial charge in [-0.2, -0.15) is 0 Å². The zero-order valence-corrected chi connectivity index (χ0v) is 17.7. The lowest BCUT2D eigenvalue weighted by molar-refractivity contribution is 0.0997. The van der Waals surface area contributed by atoms with E-state index in [2.05, 4.69) is 40.7 Å². The van der Waals surface area contributed by atoms with Gasteiger partial charge >= 0.3 is 0 Å². The Morgan fingerprint density at radius 3 is 2.67 bits per heavy atom. The molecule has 1 atom stereocenters. The van der Waals surface area contributed by atoms with Crippen LogP contribution in [-0.2, 0) is 6.42 Å². The molecule has 0 saturated heterocycles. The Balaban J connectivity index is 1.74. The van der Waals surface area contributed by atoms with Gasteiger partial charge in [-0.3, -0.25) is 4.79 Å². The monoisotopic (exact) mass is 417 g/mol. The van der Waals surface area contributed by atoms with E-state index in [0.717, 1.165) is 33.9 Å². The van der Waals surface area contributed by atoms with Crippen LogP contribution in [0.5, 0.6) is 0 Å². The number of hydrogen-bond acceptors (Lipinski definition) is 5. The van der Waals surface area contributed by atoms with Gasteiger partial charge in [-0.1, -0.05) is 37.3 Å². The molecule has 4 aromatic rings. The number of aromatic nitrogens is 1. The topological polar surface area (TPSA) is 67.2 Å². The van der Waals surface area contributed by atoms with E-state index in [1.165, 1.54) is 11.1 Å². The fraction of sp³-hybridized carbons (Fsp3) is 0.167. The van der Waals surface area contributed by atoms with E-state index in [-0.39, 0.29) is 17.7 Å². The van der Waals surface area contributed by atoms with Gasteiger partial charge in [0.2, 0.25) is 0 Å². The summed E-state index contributed by atoms with van der Waals surface area (Å²) < 4.78 is 5.26. The molecular formula is C24H23N3O2S. The van der Waals surface area contributed by atoms with Crippen LogP contribution >= 0.6 is 11.3 Å². The highest BCUT2D eigenvalue weighted by atomic mass is 32.1. The number of rotatable bonds is 7. The first-order valence-corrected chi connectivity index (χ1v) is 10.7. The number of nitrogens with zero attached hydrogens (tertiary/aromatic N) is 1. The average Bonchev–Trinajstić information content (AvgIpc) is 3.43. The Hall–Kier alpha value is -3.38. The molecule has 0 saturated carbocycles. The quantitative estimate of drug-likeness (QED) is 0.383.